The van der Waals surface area contributed by atoms with Crippen LogP contribution in [-0.2, 0) is 6.18 Å². The summed E-state index contributed by atoms with van der Waals surface area (Å²) < 4.78 is 67.3. The Kier molecular flexibility index (Phi) is 6.58. The molecule has 1 amide bonds. The smallest absolute Gasteiger partial charge is 0.352 e. The molecule has 4 rings (SSSR count). The van der Waals surface area contributed by atoms with Crippen molar-refractivity contribution in [3.63, 3.8) is 0 Å². The van der Waals surface area contributed by atoms with Gasteiger partial charge in [-0.15, -0.1) is 15.0 Å². The number of tetrazole rings is 1. The molecule has 0 spiro atoms. The number of aromatic nitrogens is 6. The van der Waals surface area contributed by atoms with Crippen LogP contribution in [0, 0.1) is 5.92 Å². The summed E-state index contributed by atoms with van der Waals surface area (Å²) in [6.07, 6.45) is -2.71. The minimum Gasteiger partial charge on any atom is -0.352 e. The van der Waals surface area contributed by atoms with Gasteiger partial charge >= 0.3 is 6.18 Å². The maximum Gasteiger partial charge on any atom is 0.419 e. The third-order valence-corrected chi connectivity index (χ3v) is 5.78. The number of nitrogens with one attached hydrogen (secondary N) is 1. The zero-order chi connectivity index (χ0) is 25.4. The lowest BCUT2D eigenvalue weighted by Gasteiger charge is -2.43. The highest BCUT2D eigenvalue weighted by molar-refractivity contribution is 6.31. The van der Waals surface area contributed by atoms with E-state index in [1.807, 2.05) is 0 Å². The second kappa shape index (κ2) is 9.32. The van der Waals surface area contributed by atoms with Crippen LogP contribution in [0.4, 0.5) is 27.9 Å². The van der Waals surface area contributed by atoms with Gasteiger partial charge in [-0.1, -0.05) is 18.5 Å². The van der Waals surface area contributed by atoms with E-state index in [9.17, 15) is 26.7 Å². The fourth-order valence-corrected chi connectivity index (χ4v) is 4.10. The van der Waals surface area contributed by atoms with Gasteiger partial charge in [-0.25, -0.2) is 18.7 Å². The predicted octanol–water partition coefficient (Wildman–Crippen LogP) is 3.72. The van der Waals surface area contributed by atoms with Crippen molar-refractivity contribution in [1.29, 1.82) is 0 Å². The van der Waals surface area contributed by atoms with Gasteiger partial charge in [-0.2, -0.15) is 13.2 Å². The number of alkyl halides is 5. The molecule has 3 heterocycles. The van der Waals surface area contributed by atoms with Gasteiger partial charge in [0.1, 0.15) is 5.69 Å². The van der Waals surface area contributed by atoms with Gasteiger partial charge in [0.25, 0.3) is 11.8 Å². The first-order valence-electron chi connectivity index (χ1n) is 10.3. The van der Waals surface area contributed by atoms with E-state index < -0.39 is 48.5 Å². The first kappa shape index (κ1) is 24.7. The monoisotopic (exact) mass is 516 g/mol. The molecule has 3 aromatic rings. The van der Waals surface area contributed by atoms with Crippen LogP contribution in [0.5, 0.6) is 0 Å². The Bertz CT molecular complexity index is 1190. The molecule has 2 atom stereocenters. The van der Waals surface area contributed by atoms with Crippen molar-refractivity contribution in [3.8, 4) is 5.69 Å². The number of benzene rings is 1. The average molecular weight is 517 g/mol. The second-order valence-electron chi connectivity index (χ2n) is 8.10. The number of halogens is 6. The lowest BCUT2D eigenvalue weighted by atomic mass is 9.87. The number of carbonyl (C=O) groups is 1. The Labute approximate surface area is 200 Å². The van der Waals surface area contributed by atoms with Crippen molar-refractivity contribution in [2.45, 2.75) is 31.5 Å². The fraction of sp³-hybridized carbons (Fsp3) is 0.400. The number of amides is 1. The maximum absolute atomic E-state index is 14.5. The standard InChI is InChI=1S/C20H18ClF5N8O/c1-11-5-19(22,23)9-33(16(11)8-29-18-27-6-12(7-28-18)20(24,25)26)17(35)14-4-13(21)2-3-15(14)34-31-10-30-32-34/h2-4,6-7,10-11,16H,5,8-9H2,1H3,(H,27,28,29)/t11-,16-/m1/s1. The lowest BCUT2D eigenvalue weighted by Crippen LogP contribution is -2.57. The third-order valence-electron chi connectivity index (χ3n) is 5.54. The van der Waals surface area contributed by atoms with Crippen LogP contribution in [0.25, 0.3) is 5.69 Å². The van der Waals surface area contributed by atoms with Crippen LogP contribution < -0.4 is 5.32 Å². The Morgan fingerprint density at radius 3 is 2.60 bits per heavy atom. The van der Waals surface area contributed by atoms with Crippen LogP contribution in [0.15, 0.2) is 36.9 Å². The molecule has 0 radical (unpaired) electrons. The quantitative estimate of drug-likeness (QED) is 0.516. The van der Waals surface area contributed by atoms with Crippen molar-refractivity contribution in [3.05, 3.63) is 53.1 Å². The largest absolute Gasteiger partial charge is 0.419 e. The summed E-state index contributed by atoms with van der Waals surface area (Å²) in [6, 6.07) is 3.52. The van der Waals surface area contributed by atoms with Crippen LogP contribution in [0.2, 0.25) is 5.02 Å². The Morgan fingerprint density at radius 1 is 1.26 bits per heavy atom. The molecule has 0 unspecified atom stereocenters. The molecule has 35 heavy (non-hydrogen) atoms. The number of piperidine rings is 1. The molecule has 1 saturated heterocycles. The molecule has 2 aromatic heterocycles. The minimum absolute atomic E-state index is 0.0174. The molecule has 1 fully saturated rings. The van der Waals surface area contributed by atoms with Crippen molar-refractivity contribution in [2.24, 2.45) is 5.92 Å². The second-order valence-corrected chi connectivity index (χ2v) is 8.53. The molecular weight excluding hydrogens is 499 g/mol. The van der Waals surface area contributed by atoms with Gasteiger partial charge in [-0.3, -0.25) is 4.79 Å². The fourth-order valence-electron chi connectivity index (χ4n) is 3.93. The van der Waals surface area contributed by atoms with Crippen LogP contribution in [-0.4, -0.2) is 66.0 Å². The highest BCUT2D eigenvalue weighted by atomic mass is 35.5. The third kappa shape index (κ3) is 5.47. The van der Waals surface area contributed by atoms with E-state index >= 15 is 0 Å². The van der Waals surface area contributed by atoms with Gasteiger partial charge in [0, 0.05) is 30.4 Å². The number of hydrogen-bond donors (Lipinski definition) is 1. The summed E-state index contributed by atoms with van der Waals surface area (Å²) in [7, 11) is 0. The number of anilines is 1. The number of carbonyl (C=O) groups excluding carboxylic acids is 1. The first-order chi connectivity index (χ1) is 16.4. The van der Waals surface area contributed by atoms with Gasteiger partial charge in [0.05, 0.1) is 23.7 Å². The topological polar surface area (TPSA) is 102 Å². The number of likely N-dealkylation sites (tertiary alicyclic amines) is 1. The molecule has 15 heteroatoms. The van der Waals surface area contributed by atoms with Gasteiger partial charge < -0.3 is 10.2 Å². The van der Waals surface area contributed by atoms with Crippen LogP contribution >= 0.6 is 11.6 Å². The van der Waals surface area contributed by atoms with Gasteiger partial charge in [0.15, 0.2) is 6.33 Å². The molecule has 1 aliphatic heterocycles. The van der Waals surface area contributed by atoms with Gasteiger partial charge in [-0.05, 0) is 29.3 Å². The molecule has 1 aromatic carbocycles. The highest BCUT2D eigenvalue weighted by Crippen LogP contribution is 2.36. The average Bonchev–Trinajstić information content (AvgIpc) is 3.31. The van der Waals surface area contributed by atoms with Crippen molar-refractivity contribution >= 4 is 23.5 Å². The molecule has 9 nitrogen and oxygen atoms in total. The van der Waals surface area contributed by atoms with E-state index in [1.54, 1.807) is 6.92 Å². The van der Waals surface area contributed by atoms with E-state index in [2.05, 4.69) is 30.7 Å². The molecule has 0 saturated carbocycles. The summed E-state index contributed by atoms with van der Waals surface area (Å²) in [5.74, 6) is -4.70. The molecule has 1 aliphatic rings. The van der Waals surface area contributed by atoms with Crippen molar-refractivity contribution < 1.29 is 26.7 Å². The maximum atomic E-state index is 14.5. The normalized spacial score (nSPS) is 20.0. The summed E-state index contributed by atoms with van der Waals surface area (Å²) in [5.41, 5.74) is -0.854. The summed E-state index contributed by atoms with van der Waals surface area (Å²) in [4.78, 5) is 22.9. The van der Waals surface area contributed by atoms with Crippen molar-refractivity contribution in [1.82, 2.24) is 35.1 Å². The predicted molar refractivity (Wildman–Crippen MR) is 113 cm³/mol. The molecule has 0 bridgehead atoms. The molecule has 1 N–H and O–H groups in total. The highest BCUT2D eigenvalue weighted by Gasteiger charge is 2.46. The summed E-state index contributed by atoms with van der Waals surface area (Å²) in [6.45, 7) is 0.615. The Morgan fingerprint density at radius 2 is 1.97 bits per heavy atom. The van der Waals surface area contributed by atoms with E-state index in [1.165, 1.54) is 18.2 Å². The molecular formula is C20H18ClF5N8O. The lowest BCUT2D eigenvalue weighted by molar-refractivity contribution is -0.138. The molecule has 0 aliphatic carbocycles. The minimum atomic E-state index is -4.60. The zero-order valence-corrected chi connectivity index (χ0v) is 18.8. The summed E-state index contributed by atoms with van der Waals surface area (Å²) in [5, 5.41) is 14.2. The van der Waals surface area contributed by atoms with E-state index in [-0.39, 0.29) is 28.8 Å². The van der Waals surface area contributed by atoms with E-state index in [0.717, 1.165) is 16.0 Å². The van der Waals surface area contributed by atoms with Gasteiger partial charge in [0.2, 0.25) is 5.95 Å². The summed E-state index contributed by atoms with van der Waals surface area (Å²) >= 11 is 6.07. The zero-order valence-electron chi connectivity index (χ0n) is 18.0. The first-order valence-corrected chi connectivity index (χ1v) is 10.7. The van der Waals surface area contributed by atoms with Crippen LogP contribution in [0.1, 0.15) is 29.3 Å². The molecule has 186 valence electrons. The Hall–Kier alpha value is -3.42. The van der Waals surface area contributed by atoms with E-state index in [0.29, 0.717) is 12.4 Å². The number of nitrogens with zero attached hydrogens (tertiary/aromatic N) is 7. The van der Waals surface area contributed by atoms with Crippen molar-refractivity contribution in [2.75, 3.05) is 18.4 Å². The number of hydrogen-bond acceptors (Lipinski definition) is 7. The van der Waals surface area contributed by atoms with E-state index in [4.69, 9.17) is 11.6 Å². The van der Waals surface area contributed by atoms with Crippen LogP contribution in [0.3, 0.4) is 0 Å². The Balaban J connectivity index is 1.61. The SMILES string of the molecule is C[C@@H]1CC(F)(F)CN(C(=O)c2cc(Cl)ccc2-n2ncnn2)[C@@H]1CNc1ncc(C(F)(F)F)cn1. The number of rotatable bonds is 5.